The molecule has 0 unspecified atom stereocenters. The van der Waals surface area contributed by atoms with Crippen LogP contribution in [0, 0.1) is 11.6 Å². The van der Waals surface area contributed by atoms with Crippen molar-refractivity contribution >= 4 is 11.6 Å². The molecule has 2 saturated heterocycles. The van der Waals surface area contributed by atoms with Crippen molar-refractivity contribution in [2.45, 2.75) is 31.2 Å². The topological polar surface area (TPSA) is 71.7 Å². The Labute approximate surface area is 183 Å². The first-order valence-corrected chi connectivity index (χ1v) is 10.4. The van der Waals surface area contributed by atoms with E-state index in [4.69, 9.17) is 10.5 Å². The maximum Gasteiger partial charge on any atom is 0.265 e. The molecule has 1 atom stereocenters. The molecule has 4 rings (SSSR count). The van der Waals surface area contributed by atoms with Gasteiger partial charge in [-0.1, -0.05) is 0 Å². The van der Waals surface area contributed by atoms with Gasteiger partial charge in [-0.25, -0.2) is 22.5 Å². The first kappa shape index (κ1) is 22.3. The highest BCUT2D eigenvalue weighted by Gasteiger charge is 2.39. The zero-order valence-electron chi connectivity index (χ0n) is 17.6. The molecule has 0 bridgehead atoms. The Morgan fingerprint density at radius 1 is 1.22 bits per heavy atom. The van der Waals surface area contributed by atoms with Crippen molar-refractivity contribution in [3.63, 3.8) is 0 Å². The van der Waals surface area contributed by atoms with Gasteiger partial charge in [-0.3, -0.25) is 4.79 Å². The maximum atomic E-state index is 14.1. The number of hydrogen-bond acceptors (Lipinski definition) is 5. The van der Waals surface area contributed by atoms with Gasteiger partial charge in [0.15, 0.2) is 0 Å². The number of pyridine rings is 1. The molecule has 0 aliphatic carbocycles. The summed E-state index contributed by atoms with van der Waals surface area (Å²) in [6.07, 6.45) is 1.80. The van der Waals surface area contributed by atoms with Crippen molar-refractivity contribution in [1.29, 1.82) is 0 Å². The minimum absolute atomic E-state index is 0.0611. The van der Waals surface area contributed by atoms with Crippen molar-refractivity contribution in [3.05, 3.63) is 41.6 Å². The number of methoxy groups -OCH3 is 1. The molecule has 6 nitrogen and oxygen atoms in total. The van der Waals surface area contributed by atoms with Gasteiger partial charge in [0.1, 0.15) is 11.6 Å². The highest BCUT2D eigenvalue weighted by atomic mass is 19.3. The van der Waals surface area contributed by atoms with Gasteiger partial charge >= 0.3 is 0 Å². The Balaban J connectivity index is 1.89. The number of hydrogen-bond donors (Lipinski definition) is 1. The summed E-state index contributed by atoms with van der Waals surface area (Å²) in [5, 5.41) is 0. The molecule has 2 fully saturated rings. The first-order chi connectivity index (χ1) is 15.2. The van der Waals surface area contributed by atoms with Crippen LogP contribution in [0.25, 0.3) is 11.1 Å². The Kier molecular flexibility index (Phi) is 5.98. The van der Waals surface area contributed by atoms with E-state index in [1.807, 2.05) is 4.90 Å². The zero-order valence-corrected chi connectivity index (χ0v) is 17.6. The van der Waals surface area contributed by atoms with E-state index < -0.39 is 30.0 Å². The fourth-order valence-electron chi connectivity index (χ4n) is 4.38. The number of piperidine rings is 1. The second-order valence-electron chi connectivity index (χ2n) is 8.24. The van der Waals surface area contributed by atoms with Gasteiger partial charge in [-0.15, -0.1) is 0 Å². The molecule has 1 amide bonds. The molecule has 1 aromatic heterocycles. The van der Waals surface area contributed by atoms with Crippen molar-refractivity contribution in [1.82, 2.24) is 9.88 Å². The van der Waals surface area contributed by atoms with E-state index in [1.165, 1.54) is 13.3 Å². The third kappa shape index (κ3) is 4.36. The number of carbonyl (C=O) groups excluding carboxylic acids is 1. The second-order valence-corrected chi connectivity index (χ2v) is 8.24. The third-order valence-corrected chi connectivity index (χ3v) is 5.81. The van der Waals surface area contributed by atoms with Gasteiger partial charge in [0.25, 0.3) is 11.8 Å². The summed E-state index contributed by atoms with van der Waals surface area (Å²) in [4.78, 5) is 20.5. The summed E-state index contributed by atoms with van der Waals surface area (Å²) in [5.41, 5.74) is 6.81. The molecule has 0 spiro atoms. The van der Waals surface area contributed by atoms with Crippen LogP contribution in [-0.4, -0.2) is 61.0 Å². The van der Waals surface area contributed by atoms with Gasteiger partial charge in [0.2, 0.25) is 5.88 Å². The number of nitrogens with two attached hydrogens (primary N) is 1. The predicted octanol–water partition coefficient (Wildman–Crippen LogP) is 3.44. The Morgan fingerprint density at radius 2 is 1.94 bits per heavy atom. The van der Waals surface area contributed by atoms with E-state index >= 15 is 0 Å². The smallest absolute Gasteiger partial charge is 0.265 e. The summed E-state index contributed by atoms with van der Waals surface area (Å²) in [6.45, 7) is 0.355. The van der Waals surface area contributed by atoms with E-state index in [9.17, 15) is 22.4 Å². The number of aromatic nitrogens is 1. The van der Waals surface area contributed by atoms with Crippen molar-refractivity contribution in [2.24, 2.45) is 5.73 Å². The van der Waals surface area contributed by atoms with Crippen LogP contribution in [0.5, 0.6) is 5.88 Å². The van der Waals surface area contributed by atoms with E-state index in [0.29, 0.717) is 25.2 Å². The highest BCUT2D eigenvalue weighted by Crippen LogP contribution is 2.42. The monoisotopic (exact) mass is 452 g/mol. The van der Waals surface area contributed by atoms with E-state index in [0.717, 1.165) is 23.1 Å². The molecular formula is C22H24F4N4O2. The number of benzene rings is 1. The second kappa shape index (κ2) is 8.57. The molecule has 0 saturated carbocycles. The lowest BCUT2D eigenvalue weighted by atomic mass is 9.99. The molecule has 0 radical (unpaired) electrons. The number of alkyl halides is 2. The van der Waals surface area contributed by atoms with Crippen molar-refractivity contribution < 1.29 is 27.1 Å². The molecule has 3 heterocycles. The lowest BCUT2D eigenvalue weighted by molar-refractivity contribution is -0.0560. The van der Waals surface area contributed by atoms with Crippen LogP contribution in [0.3, 0.4) is 0 Å². The molecule has 172 valence electrons. The van der Waals surface area contributed by atoms with E-state index in [-0.39, 0.29) is 48.0 Å². The lowest BCUT2D eigenvalue weighted by Gasteiger charge is -2.34. The van der Waals surface area contributed by atoms with Crippen LogP contribution in [0.1, 0.15) is 29.6 Å². The molecular weight excluding hydrogens is 428 g/mol. The summed E-state index contributed by atoms with van der Waals surface area (Å²) in [7, 11) is 1.35. The number of likely N-dealkylation sites (tertiary alicyclic amines) is 1. The van der Waals surface area contributed by atoms with Crippen LogP contribution in [0.15, 0.2) is 24.4 Å². The van der Waals surface area contributed by atoms with Crippen LogP contribution in [0.4, 0.5) is 23.2 Å². The molecule has 2 N–H and O–H groups in total. The number of ether oxygens (including phenoxy) is 1. The number of amides is 1. The normalized spacial score (nSPS) is 20.5. The van der Waals surface area contributed by atoms with Gasteiger partial charge in [-0.05, 0) is 30.5 Å². The average molecular weight is 452 g/mol. The fraction of sp³-hybridized carbons (Fsp3) is 0.455. The number of nitrogens with zero attached hydrogens (tertiary/aromatic N) is 3. The third-order valence-electron chi connectivity index (χ3n) is 5.81. The number of anilines is 1. The Morgan fingerprint density at radius 3 is 2.53 bits per heavy atom. The van der Waals surface area contributed by atoms with Crippen LogP contribution in [0.2, 0.25) is 0 Å². The Hall–Kier alpha value is -2.88. The van der Waals surface area contributed by atoms with Crippen LogP contribution < -0.4 is 15.4 Å². The van der Waals surface area contributed by atoms with Gasteiger partial charge in [0.05, 0.1) is 30.5 Å². The van der Waals surface area contributed by atoms with Gasteiger partial charge in [0, 0.05) is 44.4 Å². The predicted molar refractivity (Wildman–Crippen MR) is 111 cm³/mol. The van der Waals surface area contributed by atoms with Gasteiger partial charge < -0.3 is 20.3 Å². The quantitative estimate of drug-likeness (QED) is 0.720. The summed E-state index contributed by atoms with van der Waals surface area (Å²) >= 11 is 0. The average Bonchev–Trinajstić information content (AvgIpc) is 3.16. The molecule has 2 aromatic rings. The summed E-state index contributed by atoms with van der Waals surface area (Å²) in [6, 6.07) is 2.80. The van der Waals surface area contributed by atoms with Crippen molar-refractivity contribution in [2.75, 3.05) is 38.2 Å². The largest absolute Gasteiger partial charge is 0.480 e. The number of halogens is 4. The molecule has 2 aliphatic heterocycles. The highest BCUT2D eigenvalue weighted by molar-refractivity contribution is 6.04. The zero-order chi connectivity index (χ0) is 23.0. The minimum Gasteiger partial charge on any atom is -0.480 e. The van der Waals surface area contributed by atoms with Gasteiger partial charge in [-0.2, -0.15) is 0 Å². The number of carbonyl (C=O) groups is 1. The van der Waals surface area contributed by atoms with Crippen LogP contribution in [-0.2, 0) is 0 Å². The molecule has 32 heavy (non-hydrogen) atoms. The Bertz CT molecular complexity index is 1010. The molecule has 10 heteroatoms. The summed E-state index contributed by atoms with van der Waals surface area (Å²) < 4.78 is 61.5. The van der Waals surface area contributed by atoms with E-state index in [2.05, 4.69) is 4.98 Å². The minimum atomic E-state index is -2.97. The first-order valence-electron chi connectivity index (χ1n) is 10.4. The fourth-order valence-corrected chi connectivity index (χ4v) is 4.38. The van der Waals surface area contributed by atoms with Crippen molar-refractivity contribution in [3.8, 4) is 17.0 Å². The molecule has 1 aromatic carbocycles. The molecule has 2 aliphatic rings. The SMILES string of the molecule is COc1ncc(C(=O)N2CCCC(F)(F)C2)c(N2CC[C@H](N)C2)c1-c1cc(F)cc(F)c1. The van der Waals surface area contributed by atoms with E-state index in [1.54, 1.807) is 0 Å². The maximum absolute atomic E-state index is 14.1. The summed E-state index contributed by atoms with van der Waals surface area (Å²) in [5.74, 6) is -5.14. The van der Waals surface area contributed by atoms with Crippen LogP contribution >= 0.6 is 0 Å². The standard InChI is InChI=1S/C22H24F4N4O2/c1-32-20-18(13-7-14(23)9-15(24)8-13)19(29-6-3-16(27)11-29)17(10-28-20)21(31)30-5-2-4-22(25,26)12-30/h7-10,16H,2-6,11-12,27H2,1H3/t16-/m0/s1. The number of rotatable bonds is 4. The lowest BCUT2D eigenvalue weighted by Crippen LogP contribution is -2.46.